The summed E-state index contributed by atoms with van der Waals surface area (Å²) in [7, 11) is 0. The van der Waals surface area contributed by atoms with Crippen LogP contribution in [0.3, 0.4) is 0 Å². The minimum atomic E-state index is 0.209. The molecule has 0 saturated carbocycles. The van der Waals surface area contributed by atoms with E-state index in [-0.39, 0.29) is 6.10 Å². The first-order valence-electron chi connectivity index (χ1n) is 4.72. The Bertz CT molecular complexity index is 298. The van der Waals surface area contributed by atoms with Gasteiger partial charge >= 0.3 is 0 Å². The summed E-state index contributed by atoms with van der Waals surface area (Å²) >= 11 is 0. The van der Waals surface area contributed by atoms with Gasteiger partial charge in [-0.25, -0.2) is 0 Å². The molecule has 0 fully saturated rings. The lowest BCUT2D eigenvalue weighted by Gasteiger charge is -2.17. The van der Waals surface area contributed by atoms with Crippen molar-refractivity contribution in [3.05, 3.63) is 35.4 Å². The molecular formula is C11H15NO. The summed E-state index contributed by atoms with van der Waals surface area (Å²) in [5.74, 6) is 0.406. The zero-order chi connectivity index (χ0) is 9.26. The van der Waals surface area contributed by atoms with Crippen LogP contribution in [0.15, 0.2) is 24.3 Å². The van der Waals surface area contributed by atoms with Gasteiger partial charge in [-0.15, -0.1) is 0 Å². The van der Waals surface area contributed by atoms with Crippen molar-refractivity contribution in [2.45, 2.75) is 19.6 Å². The van der Waals surface area contributed by atoms with Crippen LogP contribution in [0.25, 0.3) is 0 Å². The van der Waals surface area contributed by atoms with Gasteiger partial charge in [0.05, 0.1) is 12.7 Å². The Morgan fingerprint density at radius 1 is 1.54 bits per heavy atom. The Kier molecular flexibility index (Phi) is 2.34. The van der Waals surface area contributed by atoms with Gasteiger partial charge < -0.3 is 10.5 Å². The molecule has 2 atom stereocenters. The first kappa shape index (κ1) is 8.73. The lowest BCUT2D eigenvalue weighted by atomic mass is 9.96. The lowest BCUT2D eigenvalue weighted by molar-refractivity contribution is 0.0312. The molecule has 1 heterocycles. The molecule has 0 saturated heterocycles. The second-order valence-corrected chi connectivity index (χ2v) is 3.64. The molecule has 13 heavy (non-hydrogen) atoms. The lowest BCUT2D eigenvalue weighted by Crippen LogP contribution is -2.18. The van der Waals surface area contributed by atoms with E-state index in [0.717, 1.165) is 6.61 Å². The predicted molar refractivity (Wildman–Crippen MR) is 52.2 cm³/mol. The molecule has 1 unspecified atom stereocenters. The van der Waals surface area contributed by atoms with E-state index in [1.165, 1.54) is 11.1 Å². The maximum absolute atomic E-state index is 5.70. The van der Waals surface area contributed by atoms with Crippen molar-refractivity contribution in [1.82, 2.24) is 0 Å². The fourth-order valence-corrected chi connectivity index (χ4v) is 1.81. The highest BCUT2D eigenvalue weighted by molar-refractivity contribution is 5.31. The van der Waals surface area contributed by atoms with Crippen molar-refractivity contribution in [1.29, 1.82) is 0 Å². The third-order valence-electron chi connectivity index (χ3n) is 2.67. The molecule has 0 bridgehead atoms. The maximum Gasteiger partial charge on any atom is 0.0870 e. The Hall–Kier alpha value is -0.860. The van der Waals surface area contributed by atoms with Crippen LogP contribution in [-0.4, -0.2) is 6.54 Å². The Morgan fingerprint density at radius 3 is 3.08 bits per heavy atom. The van der Waals surface area contributed by atoms with Gasteiger partial charge in [0, 0.05) is 0 Å². The third kappa shape index (κ3) is 1.47. The van der Waals surface area contributed by atoms with Gasteiger partial charge in [0.25, 0.3) is 0 Å². The molecule has 1 aromatic carbocycles. The molecule has 1 aliphatic heterocycles. The molecule has 70 valence electrons. The highest BCUT2D eigenvalue weighted by atomic mass is 16.5. The molecule has 2 heteroatoms. The summed E-state index contributed by atoms with van der Waals surface area (Å²) in [6.07, 6.45) is 0.209. The van der Waals surface area contributed by atoms with E-state index in [4.69, 9.17) is 10.5 Å². The van der Waals surface area contributed by atoms with Crippen LogP contribution in [-0.2, 0) is 11.3 Å². The molecule has 0 spiro atoms. The third-order valence-corrected chi connectivity index (χ3v) is 2.67. The highest BCUT2D eigenvalue weighted by Gasteiger charge is 2.26. The molecule has 2 N–H and O–H groups in total. The van der Waals surface area contributed by atoms with Gasteiger partial charge in [-0.3, -0.25) is 0 Å². The summed E-state index contributed by atoms with van der Waals surface area (Å²) in [6, 6.07) is 8.37. The zero-order valence-corrected chi connectivity index (χ0v) is 7.86. The molecular weight excluding hydrogens is 162 g/mol. The second kappa shape index (κ2) is 3.48. The van der Waals surface area contributed by atoms with E-state index >= 15 is 0 Å². The zero-order valence-electron chi connectivity index (χ0n) is 7.86. The van der Waals surface area contributed by atoms with Crippen LogP contribution in [0, 0.1) is 5.92 Å². The Labute approximate surface area is 78.7 Å². The predicted octanol–water partition coefficient (Wildman–Crippen LogP) is 1.85. The highest BCUT2D eigenvalue weighted by Crippen LogP contribution is 2.35. The fourth-order valence-electron chi connectivity index (χ4n) is 1.81. The van der Waals surface area contributed by atoms with Crippen LogP contribution in [0.4, 0.5) is 0 Å². The van der Waals surface area contributed by atoms with Crippen LogP contribution < -0.4 is 5.73 Å². The minimum Gasteiger partial charge on any atom is -0.368 e. The molecule has 2 nitrogen and oxygen atoms in total. The molecule has 0 aliphatic carbocycles. The van der Waals surface area contributed by atoms with Crippen LogP contribution in [0.1, 0.15) is 24.2 Å². The van der Waals surface area contributed by atoms with E-state index in [1.807, 2.05) is 0 Å². The average Bonchev–Trinajstić information content (AvgIpc) is 2.60. The van der Waals surface area contributed by atoms with E-state index in [2.05, 4.69) is 31.2 Å². The normalized spacial score (nSPS) is 22.8. The summed E-state index contributed by atoms with van der Waals surface area (Å²) < 4.78 is 5.70. The van der Waals surface area contributed by atoms with Crippen molar-refractivity contribution < 1.29 is 4.74 Å². The quantitative estimate of drug-likeness (QED) is 0.748. The summed E-state index contributed by atoms with van der Waals surface area (Å²) in [6.45, 7) is 3.55. The first-order valence-corrected chi connectivity index (χ1v) is 4.72. The first-order chi connectivity index (χ1) is 6.33. The number of nitrogens with two attached hydrogens (primary N) is 1. The molecule has 0 radical (unpaired) electrons. The van der Waals surface area contributed by atoms with Crippen LogP contribution in [0.2, 0.25) is 0 Å². The van der Waals surface area contributed by atoms with Gasteiger partial charge in [0.2, 0.25) is 0 Å². The topological polar surface area (TPSA) is 35.2 Å². The molecule has 2 rings (SSSR count). The monoisotopic (exact) mass is 177 g/mol. The average molecular weight is 177 g/mol. The van der Waals surface area contributed by atoms with E-state index in [0.29, 0.717) is 12.5 Å². The smallest absolute Gasteiger partial charge is 0.0870 e. The maximum atomic E-state index is 5.70. The van der Waals surface area contributed by atoms with Crippen LogP contribution in [0.5, 0.6) is 0 Å². The summed E-state index contributed by atoms with van der Waals surface area (Å²) in [4.78, 5) is 0. The van der Waals surface area contributed by atoms with Crippen molar-refractivity contribution in [2.75, 3.05) is 6.54 Å². The van der Waals surface area contributed by atoms with E-state index in [9.17, 15) is 0 Å². The number of hydrogen-bond donors (Lipinski definition) is 1. The van der Waals surface area contributed by atoms with Gasteiger partial charge in [0.15, 0.2) is 0 Å². The van der Waals surface area contributed by atoms with Gasteiger partial charge in [-0.1, -0.05) is 31.2 Å². The number of ether oxygens (including phenoxy) is 1. The van der Waals surface area contributed by atoms with Crippen molar-refractivity contribution >= 4 is 0 Å². The van der Waals surface area contributed by atoms with Crippen molar-refractivity contribution in [2.24, 2.45) is 11.7 Å². The standard InChI is InChI=1S/C11H15NO/c1-8(6-12)11-10-5-3-2-4-9(10)7-13-11/h2-5,8,11H,6-7,12H2,1H3/t8-,11?/m0/s1. The minimum absolute atomic E-state index is 0.209. The number of hydrogen-bond acceptors (Lipinski definition) is 2. The fraction of sp³-hybridized carbons (Fsp3) is 0.455. The number of benzene rings is 1. The summed E-state index contributed by atoms with van der Waals surface area (Å²) in [5.41, 5.74) is 8.26. The number of fused-ring (bicyclic) bond motifs is 1. The molecule has 0 aromatic heterocycles. The molecule has 0 amide bonds. The van der Waals surface area contributed by atoms with Crippen molar-refractivity contribution in [3.8, 4) is 0 Å². The van der Waals surface area contributed by atoms with Crippen LogP contribution >= 0.6 is 0 Å². The second-order valence-electron chi connectivity index (χ2n) is 3.64. The van der Waals surface area contributed by atoms with Gasteiger partial charge in [-0.2, -0.15) is 0 Å². The largest absolute Gasteiger partial charge is 0.368 e. The Morgan fingerprint density at radius 2 is 2.31 bits per heavy atom. The van der Waals surface area contributed by atoms with Gasteiger partial charge in [0.1, 0.15) is 0 Å². The Balaban J connectivity index is 2.28. The number of rotatable bonds is 2. The SMILES string of the molecule is C[C@@H](CN)C1OCc2ccccc21. The summed E-state index contributed by atoms with van der Waals surface area (Å²) in [5, 5.41) is 0. The van der Waals surface area contributed by atoms with E-state index in [1.54, 1.807) is 0 Å². The van der Waals surface area contributed by atoms with E-state index < -0.39 is 0 Å². The van der Waals surface area contributed by atoms with Gasteiger partial charge in [-0.05, 0) is 23.6 Å². The van der Waals surface area contributed by atoms with Crippen molar-refractivity contribution in [3.63, 3.8) is 0 Å². The molecule has 1 aromatic rings. The molecule has 1 aliphatic rings.